The molecule has 0 aromatic heterocycles. The first kappa shape index (κ1) is 16.1. The van der Waals surface area contributed by atoms with Crippen molar-refractivity contribution in [2.24, 2.45) is 0 Å². The number of carbonyl (C=O) groups is 2. The normalized spacial score (nSPS) is 10.0. The molecule has 0 fully saturated rings. The van der Waals surface area contributed by atoms with Crippen molar-refractivity contribution < 1.29 is 14.3 Å². The van der Waals surface area contributed by atoms with Gasteiger partial charge in [0.15, 0.2) is 5.12 Å². The standard InChI is InChI=1S/C17H17NO3S/c19-16(22-15-9-5-2-6-10-15)11-12-18-17(20)21-13-14-7-3-1-4-8-14/h1-10H,11-13H2,(H,18,20). The lowest BCUT2D eigenvalue weighted by molar-refractivity contribution is -0.110. The molecule has 0 heterocycles. The zero-order chi connectivity index (χ0) is 15.6. The molecule has 114 valence electrons. The van der Waals surface area contributed by atoms with Crippen LogP contribution in [-0.2, 0) is 16.1 Å². The van der Waals surface area contributed by atoms with Crippen molar-refractivity contribution >= 4 is 23.0 Å². The second-order valence-electron chi connectivity index (χ2n) is 4.53. The molecule has 0 aliphatic heterocycles. The fourth-order valence-corrected chi connectivity index (χ4v) is 2.47. The molecule has 0 spiro atoms. The van der Waals surface area contributed by atoms with Crippen LogP contribution >= 0.6 is 11.8 Å². The molecule has 2 aromatic rings. The predicted octanol–water partition coefficient (Wildman–Crippen LogP) is 3.62. The molecule has 0 unspecified atom stereocenters. The maximum Gasteiger partial charge on any atom is 0.407 e. The number of carbonyl (C=O) groups excluding carboxylic acids is 2. The van der Waals surface area contributed by atoms with E-state index in [0.29, 0.717) is 0 Å². The first-order valence-corrected chi connectivity index (χ1v) is 7.76. The smallest absolute Gasteiger partial charge is 0.407 e. The summed E-state index contributed by atoms with van der Waals surface area (Å²) >= 11 is 1.17. The van der Waals surface area contributed by atoms with E-state index in [1.807, 2.05) is 60.7 Å². The summed E-state index contributed by atoms with van der Waals surface area (Å²) in [6, 6.07) is 18.9. The van der Waals surface area contributed by atoms with Crippen LogP contribution in [0, 0.1) is 0 Å². The number of nitrogens with one attached hydrogen (secondary N) is 1. The van der Waals surface area contributed by atoms with Crippen LogP contribution in [0.5, 0.6) is 0 Å². The summed E-state index contributed by atoms with van der Waals surface area (Å²) in [6.07, 6.45) is -0.249. The first-order valence-electron chi connectivity index (χ1n) is 6.94. The number of hydrogen-bond donors (Lipinski definition) is 1. The van der Waals surface area contributed by atoms with Gasteiger partial charge in [-0.1, -0.05) is 60.3 Å². The molecule has 0 atom stereocenters. The molecule has 22 heavy (non-hydrogen) atoms. The van der Waals surface area contributed by atoms with Gasteiger partial charge in [-0.2, -0.15) is 0 Å². The zero-order valence-electron chi connectivity index (χ0n) is 12.0. The predicted molar refractivity (Wildman–Crippen MR) is 86.6 cm³/mol. The van der Waals surface area contributed by atoms with Gasteiger partial charge < -0.3 is 10.1 Å². The molecule has 0 saturated carbocycles. The molecule has 0 aliphatic carbocycles. The van der Waals surface area contributed by atoms with Gasteiger partial charge in [-0.25, -0.2) is 4.79 Å². The minimum absolute atomic E-state index is 0.00885. The van der Waals surface area contributed by atoms with Crippen LogP contribution in [0.15, 0.2) is 65.6 Å². The third-order valence-corrected chi connectivity index (χ3v) is 3.73. The maximum absolute atomic E-state index is 11.7. The third kappa shape index (κ3) is 6.01. The van der Waals surface area contributed by atoms with Crippen LogP contribution in [0.2, 0.25) is 0 Å². The minimum atomic E-state index is -0.513. The highest BCUT2D eigenvalue weighted by Gasteiger charge is 2.07. The largest absolute Gasteiger partial charge is 0.445 e. The van der Waals surface area contributed by atoms with Gasteiger partial charge in [0.05, 0.1) is 0 Å². The minimum Gasteiger partial charge on any atom is -0.445 e. The highest BCUT2D eigenvalue weighted by Crippen LogP contribution is 2.18. The van der Waals surface area contributed by atoms with Crippen LogP contribution in [0.3, 0.4) is 0 Å². The number of ether oxygens (including phenoxy) is 1. The molecule has 2 aromatic carbocycles. The van der Waals surface area contributed by atoms with Gasteiger partial charge in [-0.15, -0.1) is 0 Å². The molecule has 0 bridgehead atoms. The number of amides is 1. The third-order valence-electron chi connectivity index (χ3n) is 2.79. The Morgan fingerprint density at radius 2 is 1.59 bits per heavy atom. The molecule has 5 heteroatoms. The number of alkyl carbamates (subject to hydrolysis) is 1. The number of thioether (sulfide) groups is 1. The van der Waals surface area contributed by atoms with Gasteiger partial charge in [0.25, 0.3) is 0 Å². The monoisotopic (exact) mass is 315 g/mol. The van der Waals surface area contributed by atoms with E-state index in [1.54, 1.807) is 0 Å². The molecular formula is C17H17NO3S. The van der Waals surface area contributed by atoms with E-state index < -0.39 is 6.09 Å². The summed E-state index contributed by atoms with van der Waals surface area (Å²) in [5.74, 6) is 0. The van der Waals surface area contributed by atoms with Crippen molar-refractivity contribution in [1.82, 2.24) is 5.32 Å². The van der Waals surface area contributed by atoms with Crippen LogP contribution in [0.1, 0.15) is 12.0 Å². The van der Waals surface area contributed by atoms with Gasteiger partial charge >= 0.3 is 6.09 Å². The maximum atomic E-state index is 11.7. The SMILES string of the molecule is O=C(NCCC(=O)Sc1ccccc1)OCc1ccccc1. The van der Waals surface area contributed by atoms with Gasteiger partial charge in [0.1, 0.15) is 6.61 Å². The fraction of sp³-hybridized carbons (Fsp3) is 0.176. The molecule has 0 radical (unpaired) electrons. The fourth-order valence-electron chi connectivity index (χ4n) is 1.71. The highest BCUT2D eigenvalue weighted by atomic mass is 32.2. The zero-order valence-corrected chi connectivity index (χ0v) is 12.8. The molecule has 0 aliphatic rings. The summed E-state index contributed by atoms with van der Waals surface area (Å²) in [4.78, 5) is 24.2. The Balaban J connectivity index is 1.61. The first-order chi connectivity index (χ1) is 10.7. The average molecular weight is 315 g/mol. The Hall–Kier alpha value is -2.27. The van der Waals surface area contributed by atoms with E-state index in [4.69, 9.17) is 4.74 Å². The van der Waals surface area contributed by atoms with Crippen molar-refractivity contribution in [2.45, 2.75) is 17.9 Å². The van der Waals surface area contributed by atoms with E-state index in [2.05, 4.69) is 5.32 Å². The lowest BCUT2D eigenvalue weighted by Crippen LogP contribution is -2.26. The van der Waals surface area contributed by atoms with Crippen molar-refractivity contribution in [3.05, 3.63) is 66.2 Å². The van der Waals surface area contributed by atoms with Crippen LogP contribution in [0.25, 0.3) is 0 Å². The van der Waals surface area contributed by atoms with Crippen molar-refractivity contribution in [1.29, 1.82) is 0 Å². The number of rotatable bonds is 6. The van der Waals surface area contributed by atoms with Crippen molar-refractivity contribution in [3.8, 4) is 0 Å². The van der Waals surface area contributed by atoms with Crippen LogP contribution in [0.4, 0.5) is 4.79 Å². The Labute approximate surface area is 133 Å². The Morgan fingerprint density at radius 1 is 0.955 bits per heavy atom. The lowest BCUT2D eigenvalue weighted by Gasteiger charge is -2.06. The van der Waals surface area contributed by atoms with E-state index >= 15 is 0 Å². The second kappa shape index (κ2) is 8.89. The highest BCUT2D eigenvalue weighted by molar-refractivity contribution is 8.13. The molecule has 1 N–H and O–H groups in total. The Morgan fingerprint density at radius 3 is 2.27 bits per heavy atom. The van der Waals surface area contributed by atoms with E-state index in [-0.39, 0.29) is 24.7 Å². The van der Waals surface area contributed by atoms with E-state index in [1.165, 1.54) is 11.8 Å². The number of hydrogen-bond acceptors (Lipinski definition) is 4. The summed E-state index contributed by atoms with van der Waals surface area (Å²) in [6.45, 7) is 0.492. The van der Waals surface area contributed by atoms with Crippen molar-refractivity contribution in [3.63, 3.8) is 0 Å². The lowest BCUT2D eigenvalue weighted by atomic mass is 10.2. The molecule has 2 rings (SSSR count). The van der Waals surface area contributed by atoms with Gasteiger partial charge in [-0.3, -0.25) is 4.79 Å². The summed E-state index contributed by atoms with van der Waals surface area (Å²) in [7, 11) is 0. The molecule has 0 saturated heterocycles. The summed E-state index contributed by atoms with van der Waals surface area (Å²) in [5.41, 5.74) is 0.924. The molecule has 4 nitrogen and oxygen atoms in total. The molecular weight excluding hydrogens is 298 g/mol. The van der Waals surface area contributed by atoms with E-state index in [9.17, 15) is 9.59 Å². The van der Waals surface area contributed by atoms with Crippen LogP contribution in [-0.4, -0.2) is 17.8 Å². The quantitative estimate of drug-likeness (QED) is 0.827. The van der Waals surface area contributed by atoms with E-state index in [0.717, 1.165) is 10.5 Å². The summed E-state index contributed by atoms with van der Waals surface area (Å²) < 4.78 is 5.06. The summed E-state index contributed by atoms with van der Waals surface area (Å²) in [5, 5.41) is 2.58. The Kier molecular flexibility index (Phi) is 6.51. The average Bonchev–Trinajstić information content (AvgIpc) is 2.55. The topological polar surface area (TPSA) is 55.4 Å². The molecule has 1 amide bonds. The number of benzene rings is 2. The van der Waals surface area contributed by atoms with Crippen LogP contribution < -0.4 is 5.32 Å². The van der Waals surface area contributed by atoms with Gasteiger partial charge in [-0.05, 0) is 17.7 Å². The van der Waals surface area contributed by atoms with Gasteiger partial charge in [0.2, 0.25) is 0 Å². The Bertz CT molecular complexity index is 602. The second-order valence-corrected chi connectivity index (χ2v) is 5.66. The van der Waals surface area contributed by atoms with Crippen molar-refractivity contribution in [2.75, 3.05) is 6.54 Å². The van der Waals surface area contributed by atoms with Gasteiger partial charge in [0, 0.05) is 17.9 Å².